The van der Waals surface area contributed by atoms with E-state index in [9.17, 15) is 9.18 Å². The van der Waals surface area contributed by atoms with E-state index in [4.69, 9.17) is 9.72 Å². The molecule has 2 aliphatic rings. The lowest BCUT2D eigenvalue weighted by Crippen LogP contribution is -2.43. The number of hydrogen-bond donors (Lipinski definition) is 1. The summed E-state index contributed by atoms with van der Waals surface area (Å²) in [5, 5.41) is 8.42. The summed E-state index contributed by atoms with van der Waals surface area (Å²) in [6, 6.07) is 8.57. The first-order chi connectivity index (χ1) is 16.0. The van der Waals surface area contributed by atoms with Gasteiger partial charge >= 0.3 is 0 Å². The zero-order chi connectivity index (χ0) is 22.9. The Kier molecular flexibility index (Phi) is 6.12. The molecule has 174 valence electrons. The van der Waals surface area contributed by atoms with Crippen LogP contribution in [0.5, 0.6) is 0 Å². The van der Waals surface area contributed by atoms with Crippen molar-refractivity contribution >= 4 is 16.9 Å². The Morgan fingerprint density at radius 1 is 1.21 bits per heavy atom. The number of fused-ring (bicyclic) bond motifs is 1. The Morgan fingerprint density at radius 2 is 1.94 bits per heavy atom. The number of nitrogens with one attached hydrogen (secondary N) is 1. The van der Waals surface area contributed by atoms with Gasteiger partial charge in [-0.1, -0.05) is 12.1 Å². The van der Waals surface area contributed by atoms with Gasteiger partial charge in [-0.2, -0.15) is 5.10 Å². The fraction of sp³-hybridized carbons (Fsp3) is 0.480. The lowest BCUT2D eigenvalue weighted by Gasteiger charge is -2.35. The number of aromatic nitrogens is 3. The third-order valence-electron chi connectivity index (χ3n) is 6.51. The Bertz CT molecular complexity index is 1130. The van der Waals surface area contributed by atoms with Crippen molar-refractivity contribution in [1.82, 2.24) is 25.0 Å². The quantitative estimate of drug-likeness (QED) is 0.591. The normalized spacial score (nSPS) is 18.1. The van der Waals surface area contributed by atoms with Gasteiger partial charge in [0.15, 0.2) is 5.65 Å². The van der Waals surface area contributed by atoms with Crippen molar-refractivity contribution in [2.45, 2.75) is 44.7 Å². The van der Waals surface area contributed by atoms with Crippen LogP contribution in [0.3, 0.4) is 0 Å². The van der Waals surface area contributed by atoms with E-state index in [1.165, 1.54) is 12.1 Å². The van der Waals surface area contributed by atoms with Gasteiger partial charge in [0, 0.05) is 37.3 Å². The summed E-state index contributed by atoms with van der Waals surface area (Å²) in [6.07, 6.45) is 3.96. The van der Waals surface area contributed by atoms with Gasteiger partial charge in [0.25, 0.3) is 5.91 Å². The minimum Gasteiger partial charge on any atom is -0.379 e. The molecule has 8 heteroatoms. The Hall–Kier alpha value is -2.84. The minimum atomic E-state index is -0.266. The van der Waals surface area contributed by atoms with Gasteiger partial charge in [-0.25, -0.2) is 14.1 Å². The number of halogens is 1. The van der Waals surface area contributed by atoms with Crippen molar-refractivity contribution < 1.29 is 13.9 Å². The molecule has 1 N–H and O–H groups in total. The molecule has 1 saturated carbocycles. The standard InChI is InChI=1S/C25H30FN5O2/c1-16(2)31-24-21(14-28-31)20(13-22(29-24)17-3-4-17)25(32)27-15-23(30-9-11-33-12-10-30)18-5-7-19(26)8-6-18/h5-8,13-14,16-17,23H,3-4,9-12,15H2,1-2H3,(H,27,32)/t23-/m1/s1. The Balaban J connectivity index is 1.42. The number of rotatable bonds is 7. The van der Waals surface area contributed by atoms with Crippen LogP contribution in [0, 0.1) is 5.82 Å². The molecule has 2 fully saturated rings. The Morgan fingerprint density at radius 3 is 2.61 bits per heavy atom. The van der Waals surface area contributed by atoms with Crippen molar-refractivity contribution in [3.05, 3.63) is 59.2 Å². The van der Waals surface area contributed by atoms with Crippen LogP contribution < -0.4 is 5.32 Å². The van der Waals surface area contributed by atoms with Crippen molar-refractivity contribution in [2.75, 3.05) is 32.8 Å². The lowest BCUT2D eigenvalue weighted by molar-refractivity contribution is 0.0162. The predicted molar refractivity (Wildman–Crippen MR) is 124 cm³/mol. The number of amides is 1. The molecule has 1 atom stereocenters. The summed E-state index contributed by atoms with van der Waals surface area (Å²) in [4.78, 5) is 20.6. The third-order valence-corrected chi connectivity index (χ3v) is 6.51. The van der Waals surface area contributed by atoms with Crippen LogP contribution in [0.4, 0.5) is 4.39 Å². The van der Waals surface area contributed by atoms with Crippen molar-refractivity contribution in [3.63, 3.8) is 0 Å². The summed E-state index contributed by atoms with van der Waals surface area (Å²) < 4.78 is 20.9. The molecule has 0 unspecified atom stereocenters. The van der Waals surface area contributed by atoms with Crippen LogP contribution in [0.2, 0.25) is 0 Å². The van der Waals surface area contributed by atoms with Gasteiger partial charge in [0.2, 0.25) is 0 Å². The first-order valence-electron chi connectivity index (χ1n) is 11.7. The summed E-state index contributed by atoms with van der Waals surface area (Å²) in [5.41, 5.74) is 3.33. The van der Waals surface area contributed by atoms with E-state index in [-0.39, 0.29) is 23.8 Å². The largest absolute Gasteiger partial charge is 0.379 e. The lowest BCUT2D eigenvalue weighted by atomic mass is 10.0. The molecular formula is C25H30FN5O2. The van der Waals surface area contributed by atoms with E-state index < -0.39 is 0 Å². The fourth-order valence-corrected chi connectivity index (χ4v) is 4.51. The first-order valence-corrected chi connectivity index (χ1v) is 11.7. The van der Waals surface area contributed by atoms with Crippen LogP contribution in [0.1, 0.15) is 66.3 Å². The van der Waals surface area contributed by atoms with Crippen molar-refractivity contribution in [3.8, 4) is 0 Å². The van der Waals surface area contributed by atoms with E-state index in [1.54, 1.807) is 18.3 Å². The number of morpholine rings is 1. The second-order valence-electron chi connectivity index (χ2n) is 9.21. The molecule has 3 heterocycles. The number of pyridine rings is 1. The highest BCUT2D eigenvalue weighted by atomic mass is 19.1. The molecule has 1 aliphatic heterocycles. The van der Waals surface area contributed by atoms with Gasteiger partial charge in [0.05, 0.1) is 36.4 Å². The molecule has 7 nitrogen and oxygen atoms in total. The zero-order valence-electron chi connectivity index (χ0n) is 19.1. The molecule has 1 saturated heterocycles. The van der Waals surface area contributed by atoms with Crippen LogP contribution >= 0.6 is 0 Å². The number of carbonyl (C=O) groups excluding carboxylic acids is 1. The summed E-state index contributed by atoms with van der Waals surface area (Å²) in [6.45, 7) is 7.38. The van der Waals surface area contributed by atoms with Gasteiger partial charge in [-0.05, 0) is 50.5 Å². The molecule has 2 aromatic heterocycles. The maximum atomic E-state index is 13.5. The number of nitrogens with zero attached hydrogens (tertiary/aromatic N) is 4. The highest BCUT2D eigenvalue weighted by molar-refractivity contribution is 6.05. The zero-order valence-corrected chi connectivity index (χ0v) is 19.1. The first kappa shape index (κ1) is 22.0. The summed E-state index contributed by atoms with van der Waals surface area (Å²) in [7, 11) is 0. The number of ether oxygens (including phenoxy) is 1. The van der Waals surface area contributed by atoms with E-state index in [2.05, 4.69) is 29.2 Å². The van der Waals surface area contributed by atoms with Crippen LogP contribution in [0.15, 0.2) is 36.5 Å². The highest BCUT2D eigenvalue weighted by Gasteiger charge is 2.29. The summed E-state index contributed by atoms with van der Waals surface area (Å²) in [5.74, 6) is 0.0298. The maximum absolute atomic E-state index is 13.5. The number of carbonyl (C=O) groups is 1. The van der Waals surface area contributed by atoms with Gasteiger partial charge in [-0.15, -0.1) is 0 Å². The molecule has 0 radical (unpaired) electrons. The molecule has 0 bridgehead atoms. The Labute approximate surface area is 192 Å². The SMILES string of the molecule is CC(C)n1ncc2c(C(=O)NC[C@H](c3ccc(F)cc3)N3CCOCC3)cc(C3CC3)nc21. The predicted octanol–water partition coefficient (Wildman–Crippen LogP) is 3.83. The van der Waals surface area contributed by atoms with Crippen LogP contribution in [0.25, 0.3) is 11.0 Å². The third kappa shape index (κ3) is 4.63. The number of hydrogen-bond acceptors (Lipinski definition) is 5. The van der Waals surface area contributed by atoms with E-state index in [0.717, 1.165) is 48.2 Å². The smallest absolute Gasteiger partial charge is 0.252 e. The van der Waals surface area contributed by atoms with Gasteiger partial charge in [0.1, 0.15) is 5.82 Å². The highest BCUT2D eigenvalue weighted by Crippen LogP contribution is 2.40. The average molecular weight is 452 g/mol. The molecule has 33 heavy (non-hydrogen) atoms. The molecule has 1 aromatic carbocycles. The minimum absolute atomic E-state index is 0.0583. The van der Waals surface area contributed by atoms with E-state index in [0.29, 0.717) is 31.2 Å². The molecule has 1 aliphatic carbocycles. The maximum Gasteiger partial charge on any atom is 0.252 e. The molecule has 5 rings (SSSR count). The molecule has 0 spiro atoms. The van der Waals surface area contributed by atoms with Crippen LogP contribution in [-0.4, -0.2) is 58.4 Å². The monoisotopic (exact) mass is 451 g/mol. The second-order valence-corrected chi connectivity index (χ2v) is 9.21. The van der Waals surface area contributed by atoms with E-state index >= 15 is 0 Å². The molecule has 1 amide bonds. The molecular weight excluding hydrogens is 421 g/mol. The average Bonchev–Trinajstić information content (AvgIpc) is 3.59. The van der Waals surface area contributed by atoms with Crippen LogP contribution in [-0.2, 0) is 4.74 Å². The fourth-order valence-electron chi connectivity index (χ4n) is 4.51. The van der Waals surface area contributed by atoms with Gasteiger partial charge < -0.3 is 10.1 Å². The van der Waals surface area contributed by atoms with Crippen molar-refractivity contribution in [2.24, 2.45) is 0 Å². The van der Waals surface area contributed by atoms with Gasteiger partial charge in [-0.3, -0.25) is 9.69 Å². The number of benzene rings is 1. The van der Waals surface area contributed by atoms with Crippen molar-refractivity contribution in [1.29, 1.82) is 0 Å². The second kappa shape index (κ2) is 9.19. The molecule has 3 aromatic rings. The topological polar surface area (TPSA) is 72.3 Å². The summed E-state index contributed by atoms with van der Waals surface area (Å²) >= 11 is 0. The van der Waals surface area contributed by atoms with E-state index in [1.807, 2.05) is 10.7 Å².